The Morgan fingerprint density at radius 1 is 1.00 bits per heavy atom. The number of amides is 2. The fraction of sp³-hybridized carbons (Fsp3) is 0.250. The normalized spacial score (nSPS) is 19.2. The summed E-state index contributed by atoms with van der Waals surface area (Å²) in [5.41, 5.74) is 6.22. The van der Waals surface area contributed by atoms with E-state index < -0.39 is 0 Å². The maximum atomic E-state index is 12.2. The summed E-state index contributed by atoms with van der Waals surface area (Å²) in [6, 6.07) is 17.4. The molecule has 5 heteroatoms. The van der Waals surface area contributed by atoms with Gasteiger partial charge in [-0.15, -0.1) is 0 Å². The van der Waals surface area contributed by atoms with Crippen LogP contribution in [0.4, 0.5) is 5.69 Å². The molecule has 3 rings (SSSR count). The molecule has 0 radical (unpaired) electrons. The van der Waals surface area contributed by atoms with Gasteiger partial charge in [0.1, 0.15) is 0 Å². The standard InChI is InChI=1S/C20H21N3O2/c1-13(15-8-10-17(11-9-15)21-14(2)24)22-23-20(25)19-12-18(19)16-6-4-3-5-7-16/h3-11,18-19H,12H2,1-2H3,(H,21,24)(H,23,25)/t18-,19-/m1/s1. The van der Waals surface area contributed by atoms with Crippen LogP contribution in [-0.4, -0.2) is 17.5 Å². The lowest BCUT2D eigenvalue weighted by molar-refractivity contribution is -0.122. The fourth-order valence-electron chi connectivity index (χ4n) is 2.84. The van der Waals surface area contributed by atoms with Crippen molar-refractivity contribution in [1.82, 2.24) is 5.43 Å². The summed E-state index contributed by atoms with van der Waals surface area (Å²) in [6.07, 6.45) is 0.871. The molecule has 1 aliphatic rings. The molecule has 1 fully saturated rings. The third-order valence-corrected chi connectivity index (χ3v) is 4.31. The smallest absolute Gasteiger partial charge is 0.243 e. The summed E-state index contributed by atoms with van der Waals surface area (Å²) in [6.45, 7) is 3.31. The van der Waals surface area contributed by atoms with Crippen LogP contribution >= 0.6 is 0 Å². The highest BCUT2D eigenvalue weighted by Crippen LogP contribution is 2.47. The average molecular weight is 335 g/mol. The van der Waals surface area contributed by atoms with E-state index in [4.69, 9.17) is 0 Å². The lowest BCUT2D eigenvalue weighted by atomic mass is 10.1. The zero-order valence-electron chi connectivity index (χ0n) is 14.3. The van der Waals surface area contributed by atoms with Crippen molar-refractivity contribution >= 4 is 23.2 Å². The Hall–Kier alpha value is -2.95. The fourth-order valence-corrected chi connectivity index (χ4v) is 2.84. The molecule has 0 bridgehead atoms. The number of nitrogens with one attached hydrogen (secondary N) is 2. The Morgan fingerprint density at radius 3 is 2.32 bits per heavy atom. The Kier molecular flexibility index (Phi) is 4.93. The van der Waals surface area contributed by atoms with Crippen LogP contribution in [0.3, 0.4) is 0 Å². The van der Waals surface area contributed by atoms with Crippen LogP contribution in [0.2, 0.25) is 0 Å². The van der Waals surface area contributed by atoms with Gasteiger partial charge >= 0.3 is 0 Å². The summed E-state index contributed by atoms with van der Waals surface area (Å²) >= 11 is 0. The Bertz CT molecular complexity index is 797. The predicted octanol–water partition coefficient (Wildman–Crippen LogP) is 3.29. The highest BCUT2D eigenvalue weighted by atomic mass is 16.2. The van der Waals surface area contributed by atoms with Crippen LogP contribution in [-0.2, 0) is 9.59 Å². The summed E-state index contributed by atoms with van der Waals surface area (Å²) < 4.78 is 0. The summed E-state index contributed by atoms with van der Waals surface area (Å²) in [5, 5.41) is 6.92. The van der Waals surface area contributed by atoms with Crippen molar-refractivity contribution in [3.63, 3.8) is 0 Å². The maximum absolute atomic E-state index is 12.2. The van der Waals surface area contributed by atoms with E-state index in [9.17, 15) is 9.59 Å². The lowest BCUT2D eigenvalue weighted by Crippen LogP contribution is -2.21. The van der Waals surface area contributed by atoms with E-state index in [1.54, 1.807) is 0 Å². The Labute approximate surface area is 147 Å². The number of anilines is 1. The van der Waals surface area contributed by atoms with Crippen molar-refractivity contribution in [2.75, 3.05) is 5.32 Å². The molecule has 0 aromatic heterocycles. The van der Waals surface area contributed by atoms with Gasteiger partial charge in [-0.1, -0.05) is 42.5 Å². The zero-order chi connectivity index (χ0) is 17.8. The minimum absolute atomic E-state index is 0.00101. The second kappa shape index (κ2) is 7.30. The molecule has 1 saturated carbocycles. The minimum atomic E-state index is -0.109. The summed E-state index contributed by atoms with van der Waals surface area (Å²) in [5.74, 6) is 0.153. The van der Waals surface area contributed by atoms with Crippen molar-refractivity contribution in [1.29, 1.82) is 0 Å². The van der Waals surface area contributed by atoms with Gasteiger partial charge in [0.25, 0.3) is 0 Å². The molecule has 5 nitrogen and oxygen atoms in total. The molecule has 2 atom stereocenters. The number of nitrogens with zero attached hydrogens (tertiary/aromatic N) is 1. The van der Waals surface area contributed by atoms with E-state index in [1.165, 1.54) is 12.5 Å². The van der Waals surface area contributed by atoms with E-state index in [0.29, 0.717) is 5.92 Å². The summed E-state index contributed by atoms with van der Waals surface area (Å²) in [7, 11) is 0. The molecule has 0 heterocycles. The van der Waals surface area contributed by atoms with E-state index in [1.807, 2.05) is 49.4 Å². The highest BCUT2D eigenvalue weighted by molar-refractivity contribution is 6.00. The predicted molar refractivity (Wildman–Crippen MR) is 98.4 cm³/mol. The first-order valence-electron chi connectivity index (χ1n) is 8.31. The zero-order valence-corrected chi connectivity index (χ0v) is 14.3. The molecule has 2 aromatic rings. The number of carbonyl (C=O) groups excluding carboxylic acids is 2. The molecular formula is C20H21N3O2. The third-order valence-electron chi connectivity index (χ3n) is 4.31. The van der Waals surface area contributed by atoms with Crippen molar-refractivity contribution in [3.8, 4) is 0 Å². The SMILES string of the molecule is CC(=O)Nc1ccc(C(C)=NNC(=O)[C@@H]2C[C@@H]2c2ccccc2)cc1. The van der Waals surface area contributed by atoms with Crippen molar-refractivity contribution in [3.05, 3.63) is 65.7 Å². The number of benzene rings is 2. The first kappa shape index (κ1) is 16.9. The van der Waals surface area contributed by atoms with Crippen LogP contribution in [0.15, 0.2) is 59.7 Å². The van der Waals surface area contributed by atoms with Gasteiger partial charge in [0, 0.05) is 18.5 Å². The number of carbonyl (C=O) groups is 2. The van der Waals surface area contributed by atoms with E-state index in [-0.39, 0.29) is 17.7 Å². The molecule has 2 aromatic carbocycles. The molecule has 2 amide bonds. The molecule has 0 aliphatic heterocycles. The molecule has 0 saturated heterocycles. The van der Waals surface area contributed by atoms with Gasteiger partial charge in [0.05, 0.1) is 5.71 Å². The number of rotatable bonds is 5. The van der Waals surface area contributed by atoms with E-state index in [0.717, 1.165) is 23.4 Å². The second-order valence-corrected chi connectivity index (χ2v) is 6.29. The Morgan fingerprint density at radius 2 is 1.68 bits per heavy atom. The van der Waals surface area contributed by atoms with Crippen LogP contribution < -0.4 is 10.7 Å². The number of hydrogen-bond acceptors (Lipinski definition) is 3. The van der Waals surface area contributed by atoms with Gasteiger partial charge < -0.3 is 5.32 Å². The maximum Gasteiger partial charge on any atom is 0.243 e. The number of hydrogen-bond donors (Lipinski definition) is 2. The molecular weight excluding hydrogens is 314 g/mol. The Balaban J connectivity index is 1.56. The number of hydrazone groups is 1. The van der Waals surface area contributed by atoms with E-state index in [2.05, 4.69) is 28.0 Å². The highest BCUT2D eigenvalue weighted by Gasteiger charge is 2.43. The average Bonchev–Trinajstić information content (AvgIpc) is 3.41. The van der Waals surface area contributed by atoms with Gasteiger partial charge in [-0.3, -0.25) is 9.59 Å². The van der Waals surface area contributed by atoms with Crippen molar-refractivity contribution in [2.45, 2.75) is 26.2 Å². The van der Waals surface area contributed by atoms with Crippen LogP contribution in [0.25, 0.3) is 0 Å². The molecule has 1 aliphatic carbocycles. The monoisotopic (exact) mass is 335 g/mol. The minimum Gasteiger partial charge on any atom is -0.326 e. The topological polar surface area (TPSA) is 70.6 Å². The first-order valence-corrected chi connectivity index (χ1v) is 8.31. The largest absolute Gasteiger partial charge is 0.326 e. The molecule has 0 spiro atoms. The van der Waals surface area contributed by atoms with Gasteiger partial charge in [-0.2, -0.15) is 5.10 Å². The molecule has 2 N–H and O–H groups in total. The van der Waals surface area contributed by atoms with Crippen molar-refractivity contribution in [2.24, 2.45) is 11.0 Å². The van der Waals surface area contributed by atoms with E-state index >= 15 is 0 Å². The first-order chi connectivity index (χ1) is 12.0. The van der Waals surface area contributed by atoms with Crippen LogP contribution in [0.1, 0.15) is 37.3 Å². The molecule has 25 heavy (non-hydrogen) atoms. The van der Waals surface area contributed by atoms with Crippen LogP contribution in [0.5, 0.6) is 0 Å². The lowest BCUT2D eigenvalue weighted by Gasteiger charge is -2.05. The quantitative estimate of drug-likeness (QED) is 0.650. The molecule has 0 unspecified atom stereocenters. The van der Waals surface area contributed by atoms with Gasteiger partial charge in [-0.25, -0.2) is 5.43 Å². The second-order valence-electron chi connectivity index (χ2n) is 6.29. The van der Waals surface area contributed by atoms with Gasteiger partial charge in [-0.05, 0) is 42.5 Å². The molecule has 128 valence electrons. The van der Waals surface area contributed by atoms with Crippen LogP contribution in [0, 0.1) is 5.92 Å². The third kappa shape index (κ3) is 4.32. The van der Waals surface area contributed by atoms with Gasteiger partial charge in [0.2, 0.25) is 11.8 Å². The summed E-state index contributed by atoms with van der Waals surface area (Å²) in [4.78, 5) is 23.3. The van der Waals surface area contributed by atoms with Crippen molar-refractivity contribution < 1.29 is 9.59 Å². The van der Waals surface area contributed by atoms with Gasteiger partial charge in [0.15, 0.2) is 0 Å².